The van der Waals surface area contributed by atoms with Crippen molar-refractivity contribution in [3.8, 4) is 0 Å². The molecule has 0 radical (unpaired) electrons. The summed E-state index contributed by atoms with van der Waals surface area (Å²) in [7, 11) is -1.93. The van der Waals surface area contributed by atoms with Gasteiger partial charge in [0, 0.05) is 12.2 Å². The highest BCUT2D eigenvalue weighted by Crippen LogP contribution is 2.31. The van der Waals surface area contributed by atoms with E-state index in [9.17, 15) is 9.90 Å². The number of hydrogen-bond donors (Lipinski definition) is 2. The number of aliphatic hydroxyl groups is 1. The van der Waals surface area contributed by atoms with E-state index in [0.717, 1.165) is 23.7 Å². The van der Waals surface area contributed by atoms with Crippen molar-refractivity contribution in [3.63, 3.8) is 0 Å². The lowest BCUT2D eigenvalue weighted by atomic mass is 10.1. The number of nitrogens with zero attached hydrogens (tertiary/aromatic N) is 1. The van der Waals surface area contributed by atoms with E-state index in [4.69, 9.17) is 14.9 Å². The molecule has 0 spiro atoms. The molecule has 0 aromatic heterocycles. The number of ether oxygens (including phenoxy) is 1. The number of anilines is 1. The zero-order chi connectivity index (χ0) is 21.4. The van der Waals surface area contributed by atoms with Gasteiger partial charge in [0.15, 0.2) is 8.32 Å². The van der Waals surface area contributed by atoms with E-state index in [1.807, 2.05) is 45.0 Å². The molecule has 1 aromatic rings. The van der Waals surface area contributed by atoms with E-state index in [-0.39, 0.29) is 19.3 Å². The molecule has 28 heavy (non-hydrogen) atoms. The van der Waals surface area contributed by atoms with Gasteiger partial charge in [-0.2, -0.15) is 0 Å². The lowest BCUT2D eigenvalue weighted by molar-refractivity contribution is 0.0123. The Morgan fingerprint density at radius 2 is 1.82 bits per heavy atom. The Balaban J connectivity index is 3.19. The molecule has 1 rings (SSSR count). The standard InChI is InChI=1S/C21H38N2O4Si/c1-7-28(8-2,9-3)27-19(17-11-10-12-18(22)15-17)16-23(13-14-24)20(25)26-21(4,5)6/h10-12,15,19,24H,7-9,13-14,16,22H2,1-6H3. The minimum Gasteiger partial charge on any atom is -0.444 e. The summed E-state index contributed by atoms with van der Waals surface area (Å²) in [4.78, 5) is 14.2. The monoisotopic (exact) mass is 410 g/mol. The smallest absolute Gasteiger partial charge is 0.410 e. The zero-order valence-corrected chi connectivity index (χ0v) is 19.3. The molecule has 3 N–H and O–H groups in total. The van der Waals surface area contributed by atoms with Crippen molar-refractivity contribution in [3.05, 3.63) is 29.8 Å². The molecule has 0 saturated carbocycles. The first-order valence-electron chi connectivity index (χ1n) is 10.2. The predicted octanol–water partition coefficient (Wildman–Crippen LogP) is 4.56. The summed E-state index contributed by atoms with van der Waals surface area (Å²) in [5.41, 5.74) is 7.00. The molecule has 160 valence electrons. The van der Waals surface area contributed by atoms with Crippen molar-refractivity contribution in [1.82, 2.24) is 4.90 Å². The lowest BCUT2D eigenvalue weighted by Crippen LogP contribution is -2.44. The molecule has 0 bridgehead atoms. The quantitative estimate of drug-likeness (QED) is 0.436. The molecular weight excluding hydrogens is 372 g/mol. The number of amides is 1. The second-order valence-electron chi connectivity index (χ2n) is 8.17. The first-order chi connectivity index (χ1) is 13.1. The highest BCUT2D eigenvalue weighted by molar-refractivity contribution is 6.73. The Morgan fingerprint density at radius 1 is 1.21 bits per heavy atom. The van der Waals surface area contributed by atoms with Crippen LogP contribution in [0.5, 0.6) is 0 Å². The summed E-state index contributed by atoms with van der Waals surface area (Å²) in [6.45, 7) is 12.4. The molecule has 0 aliphatic rings. The van der Waals surface area contributed by atoms with Crippen LogP contribution in [0.15, 0.2) is 24.3 Å². The van der Waals surface area contributed by atoms with E-state index < -0.39 is 20.0 Å². The van der Waals surface area contributed by atoms with Gasteiger partial charge in [-0.1, -0.05) is 32.9 Å². The summed E-state index contributed by atoms with van der Waals surface area (Å²) in [5, 5.41) is 9.48. The third-order valence-corrected chi connectivity index (χ3v) is 9.67. The molecule has 1 amide bonds. The molecule has 0 fully saturated rings. The Labute approximate surface area is 171 Å². The number of rotatable bonds is 10. The molecule has 1 unspecified atom stereocenters. The van der Waals surface area contributed by atoms with Gasteiger partial charge < -0.3 is 24.9 Å². The normalized spacial score (nSPS) is 13.2. The number of carbonyl (C=O) groups excluding carboxylic acids is 1. The first-order valence-corrected chi connectivity index (χ1v) is 12.7. The minimum atomic E-state index is -1.93. The van der Waals surface area contributed by atoms with Gasteiger partial charge in [-0.25, -0.2) is 4.79 Å². The van der Waals surface area contributed by atoms with Crippen molar-refractivity contribution in [2.45, 2.75) is 71.4 Å². The Morgan fingerprint density at radius 3 is 2.29 bits per heavy atom. The molecule has 6 nitrogen and oxygen atoms in total. The van der Waals surface area contributed by atoms with Gasteiger partial charge in [-0.05, 0) is 56.6 Å². The number of carbonyl (C=O) groups is 1. The maximum Gasteiger partial charge on any atom is 0.410 e. The van der Waals surface area contributed by atoms with Crippen LogP contribution in [0.1, 0.15) is 53.2 Å². The summed E-state index contributed by atoms with van der Waals surface area (Å²) in [6.07, 6.45) is -0.759. The molecule has 0 heterocycles. The Hall–Kier alpha value is -1.57. The molecular formula is C21H38N2O4Si. The first kappa shape index (κ1) is 24.5. The number of nitrogens with two attached hydrogens (primary N) is 1. The van der Waals surface area contributed by atoms with Gasteiger partial charge in [-0.15, -0.1) is 0 Å². The van der Waals surface area contributed by atoms with E-state index in [2.05, 4.69) is 20.8 Å². The average molecular weight is 411 g/mol. The second-order valence-corrected chi connectivity index (χ2v) is 12.9. The average Bonchev–Trinajstić information content (AvgIpc) is 2.63. The fourth-order valence-electron chi connectivity index (χ4n) is 3.18. The van der Waals surface area contributed by atoms with Crippen LogP contribution in [0.25, 0.3) is 0 Å². The molecule has 0 saturated heterocycles. The number of hydrogen-bond acceptors (Lipinski definition) is 5. The van der Waals surface area contributed by atoms with E-state index in [0.29, 0.717) is 12.2 Å². The number of benzene rings is 1. The fraction of sp³-hybridized carbons (Fsp3) is 0.667. The third kappa shape index (κ3) is 7.45. The third-order valence-electron chi connectivity index (χ3n) is 5.02. The maximum absolute atomic E-state index is 12.7. The van der Waals surface area contributed by atoms with E-state index in [1.54, 1.807) is 0 Å². The Kier molecular flexibility index (Phi) is 9.46. The van der Waals surface area contributed by atoms with E-state index in [1.165, 1.54) is 4.90 Å². The van der Waals surface area contributed by atoms with Crippen molar-refractivity contribution in [2.24, 2.45) is 0 Å². The Bertz CT molecular complexity index is 606. The van der Waals surface area contributed by atoms with Crippen molar-refractivity contribution in [2.75, 3.05) is 25.4 Å². The van der Waals surface area contributed by atoms with Crippen LogP contribution in [0.3, 0.4) is 0 Å². The minimum absolute atomic E-state index is 0.138. The van der Waals surface area contributed by atoms with Crippen LogP contribution >= 0.6 is 0 Å². The van der Waals surface area contributed by atoms with Gasteiger partial charge in [0.25, 0.3) is 0 Å². The van der Waals surface area contributed by atoms with Crippen LogP contribution in [0.4, 0.5) is 10.5 Å². The van der Waals surface area contributed by atoms with Gasteiger partial charge in [0.1, 0.15) is 5.60 Å². The van der Waals surface area contributed by atoms with Gasteiger partial charge >= 0.3 is 6.09 Å². The van der Waals surface area contributed by atoms with E-state index >= 15 is 0 Å². The number of aliphatic hydroxyl groups excluding tert-OH is 1. The molecule has 0 aliphatic heterocycles. The second kappa shape index (κ2) is 10.8. The van der Waals surface area contributed by atoms with Crippen LogP contribution in [-0.4, -0.2) is 49.7 Å². The largest absolute Gasteiger partial charge is 0.444 e. The molecule has 7 heteroatoms. The van der Waals surface area contributed by atoms with Crippen molar-refractivity contribution >= 4 is 20.1 Å². The topological polar surface area (TPSA) is 85.0 Å². The highest BCUT2D eigenvalue weighted by Gasteiger charge is 2.34. The van der Waals surface area contributed by atoms with Crippen molar-refractivity contribution < 1.29 is 19.1 Å². The highest BCUT2D eigenvalue weighted by atomic mass is 28.4. The molecule has 0 aliphatic carbocycles. The SMILES string of the molecule is CC[Si](CC)(CC)OC(CN(CCO)C(=O)OC(C)(C)C)c1cccc(N)c1. The van der Waals surface area contributed by atoms with Gasteiger partial charge in [-0.3, -0.25) is 0 Å². The van der Waals surface area contributed by atoms with Crippen LogP contribution in [-0.2, 0) is 9.16 Å². The zero-order valence-electron chi connectivity index (χ0n) is 18.3. The van der Waals surface area contributed by atoms with Crippen LogP contribution in [0, 0.1) is 0 Å². The summed E-state index contributed by atoms with van der Waals surface area (Å²) in [5.74, 6) is 0. The summed E-state index contributed by atoms with van der Waals surface area (Å²) < 4.78 is 12.3. The van der Waals surface area contributed by atoms with Gasteiger partial charge in [0.2, 0.25) is 0 Å². The van der Waals surface area contributed by atoms with Crippen LogP contribution in [0.2, 0.25) is 18.1 Å². The van der Waals surface area contributed by atoms with Crippen molar-refractivity contribution in [1.29, 1.82) is 0 Å². The number of nitrogen functional groups attached to an aromatic ring is 1. The van der Waals surface area contributed by atoms with Crippen LogP contribution < -0.4 is 5.73 Å². The molecule has 1 aromatic carbocycles. The predicted molar refractivity (Wildman–Crippen MR) is 117 cm³/mol. The maximum atomic E-state index is 12.7. The lowest BCUT2D eigenvalue weighted by Gasteiger charge is -2.36. The van der Waals surface area contributed by atoms with Gasteiger partial charge in [0.05, 0.1) is 19.3 Å². The fourth-order valence-corrected chi connectivity index (χ4v) is 5.99. The molecule has 1 atom stereocenters. The summed E-state index contributed by atoms with van der Waals surface area (Å²) >= 11 is 0. The summed E-state index contributed by atoms with van der Waals surface area (Å²) in [6, 6.07) is 10.6.